The van der Waals surface area contributed by atoms with E-state index in [2.05, 4.69) is 15.1 Å². The number of amides is 1. The number of rotatable bonds is 5. The number of nitrogens with zero attached hydrogens (tertiary/aromatic N) is 3. The Balaban J connectivity index is 2.26. The first-order valence-corrected chi connectivity index (χ1v) is 9.66. The highest BCUT2D eigenvalue weighted by atomic mass is 32.2. The molecule has 2 atom stereocenters. The zero-order valence-electron chi connectivity index (χ0n) is 14.9. The van der Waals surface area contributed by atoms with E-state index in [9.17, 15) is 13.2 Å². The summed E-state index contributed by atoms with van der Waals surface area (Å²) < 4.78 is 30.4. The van der Waals surface area contributed by atoms with Crippen LogP contribution < -0.4 is 10.0 Å². The Hall–Kier alpha value is -1.45. The summed E-state index contributed by atoms with van der Waals surface area (Å²) in [4.78, 5) is 12.5. The van der Waals surface area contributed by atoms with Gasteiger partial charge in [0.2, 0.25) is 5.91 Å². The van der Waals surface area contributed by atoms with Gasteiger partial charge in [0.1, 0.15) is 6.04 Å². The maximum atomic E-state index is 12.5. The van der Waals surface area contributed by atoms with E-state index in [1.165, 1.54) is 7.05 Å². The molecular formula is C15H27N5O3S. The first kappa shape index (κ1) is 18.9. The van der Waals surface area contributed by atoms with Crippen LogP contribution in [0.1, 0.15) is 44.5 Å². The molecular weight excluding hydrogens is 330 g/mol. The Kier molecular flexibility index (Phi) is 5.67. The molecule has 1 aliphatic rings. The van der Waals surface area contributed by atoms with Crippen molar-refractivity contribution in [1.29, 1.82) is 0 Å². The van der Waals surface area contributed by atoms with Gasteiger partial charge in [0.05, 0.1) is 11.7 Å². The van der Waals surface area contributed by atoms with Crippen molar-refractivity contribution in [2.75, 3.05) is 13.6 Å². The second-order valence-electron chi connectivity index (χ2n) is 6.61. The lowest BCUT2D eigenvalue weighted by Gasteiger charge is -2.36. The molecule has 1 aromatic rings. The maximum absolute atomic E-state index is 12.5. The Bertz CT molecular complexity index is 698. The van der Waals surface area contributed by atoms with Gasteiger partial charge in [-0.1, -0.05) is 13.8 Å². The van der Waals surface area contributed by atoms with Gasteiger partial charge in [-0.2, -0.15) is 22.5 Å². The van der Waals surface area contributed by atoms with E-state index in [1.807, 2.05) is 33.9 Å². The molecule has 24 heavy (non-hydrogen) atoms. The summed E-state index contributed by atoms with van der Waals surface area (Å²) in [5.74, 6) is 0.0419. The van der Waals surface area contributed by atoms with Gasteiger partial charge in [-0.15, -0.1) is 0 Å². The molecule has 1 fully saturated rings. The van der Waals surface area contributed by atoms with E-state index in [1.54, 1.807) is 4.68 Å². The molecule has 0 spiro atoms. The average molecular weight is 357 g/mol. The minimum absolute atomic E-state index is 0.262. The summed E-state index contributed by atoms with van der Waals surface area (Å²) in [5.41, 5.74) is 1.59. The van der Waals surface area contributed by atoms with Crippen molar-refractivity contribution in [3.05, 3.63) is 17.5 Å². The van der Waals surface area contributed by atoms with Crippen LogP contribution in [0.25, 0.3) is 0 Å². The van der Waals surface area contributed by atoms with Gasteiger partial charge in [0.25, 0.3) is 10.2 Å². The molecule has 0 unspecified atom stereocenters. The molecule has 1 amide bonds. The lowest BCUT2D eigenvalue weighted by atomic mass is 10.00. The zero-order chi connectivity index (χ0) is 18.1. The van der Waals surface area contributed by atoms with E-state index in [-0.39, 0.29) is 5.91 Å². The number of likely N-dealkylation sites (N-methyl/N-ethyl adjacent to an activating group) is 1. The van der Waals surface area contributed by atoms with Gasteiger partial charge < -0.3 is 5.32 Å². The molecule has 1 aromatic heterocycles. The van der Waals surface area contributed by atoms with Crippen molar-refractivity contribution in [2.45, 2.75) is 52.7 Å². The third-order valence-corrected chi connectivity index (χ3v) is 5.83. The first-order valence-electron chi connectivity index (χ1n) is 8.22. The van der Waals surface area contributed by atoms with E-state index in [0.717, 1.165) is 15.6 Å². The van der Waals surface area contributed by atoms with E-state index in [0.29, 0.717) is 25.4 Å². The van der Waals surface area contributed by atoms with Crippen LogP contribution in [0.5, 0.6) is 0 Å². The van der Waals surface area contributed by atoms with Gasteiger partial charge in [0.15, 0.2) is 0 Å². The number of hydrogen-bond acceptors (Lipinski definition) is 4. The van der Waals surface area contributed by atoms with Crippen LogP contribution in [-0.2, 0) is 21.5 Å². The Labute approximate surface area is 143 Å². The lowest BCUT2D eigenvalue weighted by molar-refractivity contribution is -0.125. The number of carbonyl (C=O) groups is 1. The van der Waals surface area contributed by atoms with E-state index < -0.39 is 22.3 Å². The summed E-state index contributed by atoms with van der Waals surface area (Å²) in [5, 5.41) is 7.20. The Morgan fingerprint density at radius 2 is 2.17 bits per heavy atom. The standard InChI is InChI=1S/C15H27N5O3S/c1-6-20-9-12(11(4)17-20)13-7-14(15(21)16-8-10(2)3)19(5)24(22,23)18-13/h9-10,13-14,18H,6-8H2,1-5H3,(H,16,21)/t13-,14-/m1/s1. The quantitative estimate of drug-likeness (QED) is 0.805. The summed E-state index contributed by atoms with van der Waals surface area (Å²) in [6, 6.07) is -1.19. The molecule has 0 radical (unpaired) electrons. The van der Waals surface area contributed by atoms with Crippen molar-refractivity contribution < 1.29 is 13.2 Å². The van der Waals surface area contributed by atoms with Crippen LogP contribution in [0, 0.1) is 12.8 Å². The predicted molar refractivity (Wildman–Crippen MR) is 91.5 cm³/mol. The minimum atomic E-state index is -3.72. The molecule has 2 heterocycles. The van der Waals surface area contributed by atoms with Crippen molar-refractivity contribution in [3.63, 3.8) is 0 Å². The summed E-state index contributed by atoms with van der Waals surface area (Å²) >= 11 is 0. The summed E-state index contributed by atoms with van der Waals surface area (Å²) in [6.45, 7) is 9.04. The fourth-order valence-electron chi connectivity index (χ4n) is 2.77. The van der Waals surface area contributed by atoms with Gasteiger partial charge in [-0.05, 0) is 26.2 Å². The number of hydrogen-bond donors (Lipinski definition) is 2. The average Bonchev–Trinajstić information content (AvgIpc) is 2.88. The highest BCUT2D eigenvalue weighted by Crippen LogP contribution is 2.29. The van der Waals surface area contributed by atoms with Gasteiger partial charge in [0, 0.05) is 31.9 Å². The highest BCUT2D eigenvalue weighted by molar-refractivity contribution is 7.87. The molecule has 1 aliphatic heterocycles. The summed E-state index contributed by atoms with van der Waals surface area (Å²) in [6.07, 6.45) is 2.22. The number of carbonyl (C=O) groups excluding carboxylic acids is 1. The van der Waals surface area contributed by atoms with Crippen LogP contribution in [-0.4, -0.2) is 48.0 Å². The third-order valence-electron chi connectivity index (χ3n) is 4.24. The molecule has 2 rings (SSSR count). The van der Waals surface area contributed by atoms with Crippen LogP contribution in [0.4, 0.5) is 0 Å². The van der Waals surface area contributed by atoms with Crippen molar-refractivity contribution in [1.82, 2.24) is 24.1 Å². The molecule has 2 N–H and O–H groups in total. The second kappa shape index (κ2) is 7.20. The predicted octanol–water partition coefficient (Wildman–Crippen LogP) is 0.563. The van der Waals surface area contributed by atoms with Gasteiger partial charge in [-0.3, -0.25) is 9.48 Å². The molecule has 0 bridgehead atoms. The van der Waals surface area contributed by atoms with E-state index in [4.69, 9.17) is 0 Å². The number of aryl methyl sites for hydroxylation is 2. The van der Waals surface area contributed by atoms with Gasteiger partial charge in [-0.25, -0.2) is 0 Å². The maximum Gasteiger partial charge on any atom is 0.280 e. The molecule has 0 aliphatic carbocycles. The minimum Gasteiger partial charge on any atom is -0.354 e. The lowest BCUT2D eigenvalue weighted by Crippen LogP contribution is -2.57. The largest absolute Gasteiger partial charge is 0.354 e. The molecule has 136 valence electrons. The smallest absolute Gasteiger partial charge is 0.280 e. The highest BCUT2D eigenvalue weighted by Gasteiger charge is 2.41. The topological polar surface area (TPSA) is 96.3 Å². The van der Waals surface area contributed by atoms with Crippen LogP contribution in [0.15, 0.2) is 6.20 Å². The molecule has 1 saturated heterocycles. The second-order valence-corrected chi connectivity index (χ2v) is 8.37. The number of aromatic nitrogens is 2. The van der Waals surface area contributed by atoms with Crippen LogP contribution >= 0.6 is 0 Å². The van der Waals surface area contributed by atoms with Crippen LogP contribution in [0.3, 0.4) is 0 Å². The Morgan fingerprint density at radius 3 is 2.71 bits per heavy atom. The summed E-state index contributed by atoms with van der Waals surface area (Å²) in [7, 11) is -2.29. The Morgan fingerprint density at radius 1 is 1.50 bits per heavy atom. The van der Waals surface area contributed by atoms with Crippen molar-refractivity contribution in [3.8, 4) is 0 Å². The van der Waals surface area contributed by atoms with Crippen molar-refractivity contribution >= 4 is 16.1 Å². The van der Waals surface area contributed by atoms with Gasteiger partial charge >= 0.3 is 0 Å². The van der Waals surface area contributed by atoms with Crippen LogP contribution in [0.2, 0.25) is 0 Å². The zero-order valence-corrected chi connectivity index (χ0v) is 15.7. The normalized spacial score (nSPS) is 24.2. The SMILES string of the molecule is CCn1cc([C@H]2C[C@H](C(=O)NCC(C)C)N(C)S(=O)(=O)N2)c(C)n1. The molecule has 0 aromatic carbocycles. The molecule has 0 saturated carbocycles. The fourth-order valence-corrected chi connectivity index (χ4v) is 4.04. The number of nitrogens with one attached hydrogen (secondary N) is 2. The monoisotopic (exact) mass is 357 g/mol. The van der Waals surface area contributed by atoms with Crippen molar-refractivity contribution in [2.24, 2.45) is 5.92 Å². The van der Waals surface area contributed by atoms with E-state index >= 15 is 0 Å². The first-order chi connectivity index (χ1) is 11.2. The fraction of sp³-hybridized carbons (Fsp3) is 0.733. The molecule has 9 heteroatoms. The molecule has 8 nitrogen and oxygen atoms in total. The third kappa shape index (κ3) is 3.96.